The van der Waals surface area contributed by atoms with Gasteiger partial charge in [-0.2, -0.15) is 0 Å². The fraction of sp³-hybridized carbons (Fsp3) is 0.286. The molecule has 1 atom stereocenters. The van der Waals surface area contributed by atoms with Crippen molar-refractivity contribution in [1.29, 1.82) is 0 Å². The maximum absolute atomic E-state index is 12.8. The molecule has 29 heavy (non-hydrogen) atoms. The summed E-state index contributed by atoms with van der Waals surface area (Å²) in [6, 6.07) is 12.5. The first-order chi connectivity index (χ1) is 13.8. The van der Waals surface area contributed by atoms with Crippen LogP contribution in [0.5, 0.6) is 11.5 Å². The van der Waals surface area contributed by atoms with Crippen molar-refractivity contribution in [3.05, 3.63) is 59.7 Å². The third-order valence-corrected chi connectivity index (χ3v) is 4.26. The van der Waals surface area contributed by atoms with Gasteiger partial charge in [-0.05, 0) is 35.4 Å². The van der Waals surface area contributed by atoms with Gasteiger partial charge in [0, 0.05) is 6.92 Å². The Kier molecular flexibility index (Phi) is 7.59. The molecule has 8 heteroatoms. The maximum Gasteiger partial charge on any atom is 0.305 e. The van der Waals surface area contributed by atoms with Gasteiger partial charge in [-0.25, -0.2) is 0 Å². The summed E-state index contributed by atoms with van der Waals surface area (Å²) < 4.78 is 10.4. The molecule has 0 radical (unpaired) electrons. The lowest BCUT2D eigenvalue weighted by molar-refractivity contribution is -0.140. The number of methoxy groups -OCH3 is 2. The standard InChI is InChI=1S/C21H24N2O6/c1-13(24)22-18(12-19(25)26)21(27)23-20(14-4-8-16(28-2)9-5-14)15-6-10-17(29-3)11-7-15/h4-11,18,20H,12H2,1-3H3,(H,22,24)(H,23,27)(H,25,26)/t18-/m0/s1. The first kappa shape index (κ1) is 21.7. The Hall–Kier alpha value is -3.55. The van der Waals surface area contributed by atoms with E-state index in [0.717, 1.165) is 11.1 Å². The molecule has 0 aliphatic rings. The summed E-state index contributed by atoms with van der Waals surface area (Å²) in [7, 11) is 3.11. The van der Waals surface area contributed by atoms with Crippen molar-refractivity contribution in [2.45, 2.75) is 25.4 Å². The van der Waals surface area contributed by atoms with Crippen molar-refractivity contribution in [2.75, 3.05) is 14.2 Å². The number of carbonyl (C=O) groups excluding carboxylic acids is 2. The molecule has 2 amide bonds. The van der Waals surface area contributed by atoms with Crippen molar-refractivity contribution in [2.24, 2.45) is 0 Å². The van der Waals surface area contributed by atoms with Gasteiger partial charge in [0.2, 0.25) is 11.8 Å². The Balaban J connectivity index is 2.35. The zero-order chi connectivity index (χ0) is 21.4. The Labute approximate surface area is 168 Å². The molecule has 0 heterocycles. The third-order valence-electron chi connectivity index (χ3n) is 4.26. The fourth-order valence-electron chi connectivity index (χ4n) is 2.82. The average molecular weight is 400 g/mol. The van der Waals surface area contributed by atoms with E-state index in [2.05, 4.69) is 10.6 Å². The molecule has 0 aromatic heterocycles. The summed E-state index contributed by atoms with van der Waals surface area (Å²) in [5.41, 5.74) is 1.53. The molecule has 0 fully saturated rings. The van der Waals surface area contributed by atoms with Gasteiger partial charge < -0.3 is 25.2 Å². The van der Waals surface area contributed by atoms with Crippen LogP contribution < -0.4 is 20.1 Å². The van der Waals surface area contributed by atoms with E-state index in [4.69, 9.17) is 14.6 Å². The van der Waals surface area contributed by atoms with Crippen LogP contribution in [-0.4, -0.2) is 43.2 Å². The highest BCUT2D eigenvalue weighted by molar-refractivity contribution is 5.90. The molecular weight excluding hydrogens is 376 g/mol. The first-order valence-corrected chi connectivity index (χ1v) is 8.91. The van der Waals surface area contributed by atoms with Gasteiger partial charge in [-0.15, -0.1) is 0 Å². The quantitative estimate of drug-likeness (QED) is 0.592. The van der Waals surface area contributed by atoms with Crippen molar-refractivity contribution >= 4 is 17.8 Å². The van der Waals surface area contributed by atoms with Gasteiger partial charge in [0.25, 0.3) is 0 Å². The molecule has 0 saturated heterocycles. The Morgan fingerprint density at radius 1 is 0.862 bits per heavy atom. The van der Waals surface area contributed by atoms with Crippen LogP contribution in [0.3, 0.4) is 0 Å². The average Bonchev–Trinajstić information content (AvgIpc) is 2.71. The Morgan fingerprint density at radius 3 is 1.66 bits per heavy atom. The zero-order valence-corrected chi connectivity index (χ0v) is 16.5. The van der Waals surface area contributed by atoms with E-state index in [1.807, 2.05) is 0 Å². The zero-order valence-electron chi connectivity index (χ0n) is 16.5. The molecule has 2 aromatic rings. The van der Waals surface area contributed by atoms with Crippen LogP contribution >= 0.6 is 0 Å². The molecule has 0 aliphatic carbocycles. The van der Waals surface area contributed by atoms with Crippen molar-refractivity contribution < 1.29 is 29.0 Å². The highest BCUT2D eigenvalue weighted by Crippen LogP contribution is 2.26. The summed E-state index contributed by atoms with van der Waals surface area (Å²) in [5.74, 6) is -0.952. The molecule has 8 nitrogen and oxygen atoms in total. The smallest absolute Gasteiger partial charge is 0.305 e. The highest BCUT2D eigenvalue weighted by Gasteiger charge is 2.26. The van der Waals surface area contributed by atoms with Crippen LogP contribution in [0.4, 0.5) is 0 Å². The second-order valence-electron chi connectivity index (χ2n) is 6.34. The van der Waals surface area contributed by atoms with E-state index in [-0.39, 0.29) is 0 Å². The van der Waals surface area contributed by atoms with Crippen LogP contribution in [0, 0.1) is 0 Å². The van der Waals surface area contributed by atoms with E-state index in [9.17, 15) is 14.4 Å². The van der Waals surface area contributed by atoms with Crippen LogP contribution in [0.2, 0.25) is 0 Å². The monoisotopic (exact) mass is 400 g/mol. The van der Waals surface area contributed by atoms with Gasteiger partial charge in [0.1, 0.15) is 17.5 Å². The molecule has 2 rings (SSSR count). The van der Waals surface area contributed by atoms with Gasteiger partial charge in [0.15, 0.2) is 0 Å². The van der Waals surface area contributed by atoms with E-state index >= 15 is 0 Å². The number of hydrogen-bond donors (Lipinski definition) is 3. The lowest BCUT2D eigenvalue weighted by Gasteiger charge is -2.23. The number of carbonyl (C=O) groups is 3. The van der Waals surface area contributed by atoms with Gasteiger partial charge in [0.05, 0.1) is 26.7 Å². The molecule has 154 valence electrons. The molecule has 0 spiro atoms. The lowest BCUT2D eigenvalue weighted by Crippen LogP contribution is -2.48. The third kappa shape index (κ3) is 6.24. The second-order valence-corrected chi connectivity index (χ2v) is 6.34. The summed E-state index contributed by atoms with van der Waals surface area (Å²) in [4.78, 5) is 35.3. The summed E-state index contributed by atoms with van der Waals surface area (Å²) in [6.45, 7) is 1.23. The normalized spacial score (nSPS) is 11.4. The number of hydrogen-bond acceptors (Lipinski definition) is 5. The predicted octanol–water partition coefficient (Wildman–Crippen LogP) is 1.89. The van der Waals surface area contributed by atoms with E-state index < -0.39 is 36.3 Å². The molecule has 3 N–H and O–H groups in total. The van der Waals surface area contributed by atoms with Crippen LogP contribution in [-0.2, 0) is 14.4 Å². The van der Waals surface area contributed by atoms with Gasteiger partial charge in [-0.3, -0.25) is 14.4 Å². The Bertz CT molecular complexity index is 785. The molecule has 0 aliphatic heterocycles. The first-order valence-electron chi connectivity index (χ1n) is 8.91. The number of rotatable bonds is 9. The largest absolute Gasteiger partial charge is 0.497 e. The van der Waals surface area contributed by atoms with Crippen molar-refractivity contribution in [3.8, 4) is 11.5 Å². The lowest BCUT2D eigenvalue weighted by atomic mass is 9.97. The minimum atomic E-state index is -1.19. The van der Waals surface area contributed by atoms with Gasteiger partial charge >= 0.3 is 5.97 Å². The number of carboxylic acid groups (broad SMARTS) is 1. The highest BCUT2D eigenvalue weighted by atomic mass is 16.5. The molecular formula is C21H24N2O6. The fourth-order valence-corrected chi connectivity index (χ4v) is 2.82. The molecule has 0 saturated carbocycles. The van der Waals surface area contributed by atoms with Crippen molar-refractivity contribution in [3.63, 3.8) is 0 Å². The number of ether oxygens (including phenoxy) is 2. The topological polar surface area (TPSA) is 114 Å². The molecule has 0 unspecified atom stereocenters. The molecule has 2 aromatic carbocycles. The molecule has 0 bridgehead atoms. The summed E-state index contributed by atoms with van der Waals surface area (Å²) >= 11 is 0. The van der Waals surface area contributed by atoms with Crippen LogP contribution in [0.25, 0.3) is 0 Å². The SMILES string of the molecule is COc1ccc(C(NC(=O)[C@H](CC(=O)O)NC(C)=O)c2ccc(OC)cc2)cc1. The van der Waals surface area contributed by atoms with E-state index in [1.54, 1.807) is 62.8 Å². The van der Waals surface area contributed by atoms with Crippen molar-refractivity contribution in [1.82, 2.24) is 10.6 Å². The number of nitrogens with one attached hydrogen (secondary N) is 2. The minimum Gasteiger partial charge on any atom is -0.497 e. The maximum atomic E-state index is 12.8. The summed E-state index contributed by atoms with van der Waals surface area (Å²) in [5, 5.41) is 14.3. The van der Waals surface area contributed by atoms with Crippen LogP contribution in [0.1, 0.15) is 30.5 Å². The van der Waals surface area contributed by atoms with E-state index in [0.29, 0.717) is 11.5 Å². The number of benzene rings is 2. The summed E-state index contributed by atoms with van der Waals surface area (Å²) in [6.07, 6.45) is -0.524. The number of aliphatic carboxylic acids is 1. The predicted molar refractivity (Wildman–Crippen MR) is 106 cm³/mol. The Morgan fingerprint density at radius 2 is 1.31 bits per heavy atom. The number of carboxylic acids is 1. The van der Waals surface area contributed by atoms with Crippen LogP contribution in [0.15, 0.2) is 48.5 Å². The van der Waals surface area contributed by atoms with Gasteiger partial charge in [-0.1, -0.05) is 24.3 Å². The number of amides is 2. The minimum absolute atomic E-state index is 0.489. The van der Waals surface area contributed by atoms with E-state index in [1.165, 1.54) is 6.92 Å². The second kappa shape index (κ2) is 10.1.